The number of thioether (sulfide) groups is 1. The summed E-state index contributed by atoms with van der Waals surface area (Å²) in [6, 6.07) is 23.8. The van der Waals surface area contributed by atoms with Crippen molar-refractivity contribution in [2.75, 3.05) is 13.2 Å². The van der Waals surface area contributed by atoms with Crippen LogP contribution in [0, 0.1) is 0 Å². The fourth-order valence-corrected chi connectivity index (χ4v) is 4.80. The van der Waals surface area contributed by atoms with Crippen LogP contribution < -0.4 is 9.47 Å². The second-order valence-corrected chi connectivity index (χ2v) is 10.1. The Hall–Kier alpha value is -3.75. The Morgan fingerprint density at radius 1 is 0.821 bits per heavy atom. The molecule has 0 aliphatic heterocycles. The second kappa shape index (κ2) is 16.3. The van der Waals surface area contributed by atoms with Crippen LogP contribution in [0.2, 0.25) is 0 Å². The molecule has 0 fully saturated rings. The first-order valence-corrected chi connectivity index (χ1v) is 13.8. The molecule has 0 saturated carbocycles. The summed E-state index contributed by atoms with van der Waals surface area (Å²) in [7, 11) is 0. The highest BCUT2D eigenvalue weighted by atomic mass is 32.2. The molecule has 0 spiro atoms. The Morgan fingerprint density at radius 3 is 2.18 bits per heavy atom. The monoisotopic (exact) mass is 550 g/mol. The largest absolute Gasteiger partial charge is 0.494 e. The standard InChI is InChI=1S/C31H34O7S/c32-27(12-8-14-30(33)34)29(39-26-18-15-24(16-19-26)31(35)36)20-17-23-9-4-5-13-28(23)38-22-7-6-21-37-25-10-2-1-3-11-25/h1-5,9-11,13,15-20,27,29,32H,6-8,12,14,21-22H2,(H,33,34)(H,35,36)/b20-17-/t27-,29+/m0/s1. The van der Waals surface area contributed by atoms with Gasteiger partial charge in [-0.3, -0.25) is 4.79 Å². The van der Waals surface area contributed by atoms with Crippen molar-refractivity contribution in [3.63, 3.8) is 0 Å². The first-order chi connectivity index (χ1) is 18.9. The number of rotatable bonds is 17. The van der Waals surface area contributed by atoms with Gasteiger partial charge in [0.2, 0.25) is 0 Å². The van der Waals surface area contributed by atoms with Crippen molar-refractivity contribution >= 4 is 29.8 Å². The van der Waals surface area contributed by atoms with Crippen LogP contribution in [-0.2, 0) is 4.79 Å². The highest BCUT2D eigenvalue weighted by Gasteiger charge is 2.19. The van der Waals surface area contributed by atoms with Crippen LogP contribution in [-0.4, -0.2) is 51.8 Å². The lowest BCUT2D eigenvalue weighted by Crippen LogP contribution is -2.21. The number of aliphatic hydroxyl groups is 1. The number of hydrogen-bond acceptors (Lipinski definition) is 6. The van der Waals surface area contributed by atoms with E-state index < -0.39 is 18.0 Å². The lowest BCUT2D eigenvalue weighted by atomic mass is 10.1. The van der Waals surface area contributed by atoms with Crippen molar-refractivity contribution in [3.05, 3.63) is 96.1 Å². The van der Waals surface area contributed by atoms with Gasteiger partial charge in [-0.1, -0.05) is 48.6 Å². The van der Waals surface area contributed by atoms with E-state index in [1.807, 2.05) is 66.7 Å². The number of aromatic carboxylic acids is 1. The molecule has 3 aromatic carbocycles. The third kappa shape index (κ3) is 10.9. The van der Waals surface area contributed by atoms with Crippen molar-refractivity contribution in [2.45, 2.75) is 48.4 Å². The fraction of sp³-hybridized carbons (Fsp3) is 0.290. The van der Waals surface area contributed by atoms with Crippen LogP contribution >= 0.6 is 11.8 Å². The van der Waals surface area contributed by atoms with Gasteiger partial charge in [-0.25, -0.2) is 4.79 Å². The Bertz CT molecular complexity index is 1200. The first-order valence-electron chi connectivity index (χ1n) is 12.9. The van der Waals surface area contributed by atoms with E-state index >= 15 is 0 Å². The molecule has 2 atom stereocenters. The normalized spacial score (nSPS) is 12.6. The molecule has 0 aliphatic carbocycles. The van der Waals surface area contributed by atoms with Gasteiger partial charge >= 0.3 is 11.9 Å². The first kappa shape index (κ1) is 29.8. The highest BCUT2D eigenvalue weighted by Crippen LogP contribution is 2.30. The van der Waals surface area contributed by atoms with Crippen LogP contribution in [0.5, 0.6) is 11.5 Å². The molecule has 3 aromatic rings. The number of aliphatic carboxylic acids is 1. The zero-order chi connectivity index (χ0) is 27.9. The summed E-state index contributed by atoms with van der Waals surface area (Å²) in [4.78, 5) is 22.9. The zero-order valence-corrected chi connectivity index (χ0v) is 22.5. The second-order valence-electron chi connectivity index (χ2n) is 8.88. The molecular weight excluding hydrogens is 516 g/mol. The summed E-state index contributed by atoms with van der Waals surface area (Å²) in [5, 5.41) is 28.6. The van der Waals surface area contributed by atoms with E-state index in [0.717, 1.165) is 34.8 Å². The van der Waals surface area contributed by atoms with E-state index in [-0.39, 0.29) is 17.2 Å². The quantitative estimate of drug-likeness (QED) is 0.130. The van der Waals surface area contributed by atoms with E-state index in [4.69, 9.17) is 19.7 Å². The van der Waals surface area contributed by atoms with E-state index in [1.54, 1.807) is 12.1 Å². The third-order valence-electron chi connectivity index (χ3n) is 5.84. The Balaban J connectivity index is 1.60. The summed E-state index contributed by atoms with van der Waals surface area (Å²) in [6.45, 7) is 1.15. The van der Waals surface area contributed by atoms with Gasteiger partial charge in [-0.15, -0.1) is 11.8 Å². The van der Waals surface area contributed by atoms with Gasteiger partial charge in [-0.05, 0) is 68.1 Å². The summed E-state index contributed by atoms with van der Waals surface area (Å²) in [6.07, 6.45) is 5.35. The minimum absolute atomic E-state index is 0.0153. The number of benzene rings is 3. The number of carbonyl (C=O) groups is 2. The molecule has 0 heterocycles. The minimum Gasteiger partial charge on any atom is -0.494 e. The molecule has 0 aromatic heterocycles. The smallest absolute Gasteiger partial charge is 0.335 e. The van der Waals surface area contributed by atoms with Crippen molar-refractivity contribution in [1.82, 2.24) is 0 Å². The predicted octanol–water partition coefficient (Wildman–Crippen LogP) is 6.41. The van der Waals surface area contributed by atoms with Gasteiger partial charge in [-0.2, -0.15) is 0 Å². The number of unbranched alkanes of at least 4 members (excludes halogenated alkanes) is 1. The maximum atomic E-state index is 11.2. The summed E-state index contributed by atoms with van der Waals surface area (Å²) in [5.41, 5.74) is 1.05. The van der Waals surface area contributed by atoms with Gasteiger partial charge in [0.15, 0.2) is 0 Å². The van der Waals surface area contributed by atoms with E-state index in [2.05, 4.69) is 0 Å². The lowest BCUT2D eigenvalue weighted by molar-refractivity contribution is -0.137. The van der Waals surface area contributed by atoms with Crippen LogP contribution in [0.1, 0.15) is 48.0 Å². The van der Waals surface area contributed by atoms with Crippen molar-refractivity contribution in [3.8, 4) is 11.5 Å². The molecule has 3 rings (SSSR count). The summed E-state index contributed by atoms with van der Waals surface area (Å²) >= 11 is 1.39. The van der Waals surface area contributed by atoms with E-state index in [9.17, 15) is 14.7 Å². The Morgan fingerprint density at radius 2 is 1.49 bits per heavy atom. The van der Waals surface area contributed by atoms with Gasteiger partial charge in [0.05, 0.1) is 30.1 Å². The highest BCUT2D eigenvalue weighted by molar-refractivity contribution is 8.00. The molecule has 3 N–H and O–H groups in total. The molecular formula is C31H34O7S. The summed E-state index contributed by atoms with van der Waals surface area (Å²) in [5.74, 6) is -0.321. The number of aliphatic hydroxyl groups excluding tert-OH is 1. The van der Waals surface area contributed by atoms with Gasteiger partial charge in [0, 0.05) is 16.9 Å². The molecule has 0 unspecified atom stereocenters. The minimum atomic E-state index is -1.00. The van der Waals surface area contributed by atoms with Crippen LogP contribution in [0.3, 0.4) is 0 Å². The maximum absolute atomic E-state index is 11.2. The number of carboxylic acid groups (broad SMARTS) is 2. The molecule has 206 valence electrons. The fourth-order valence-electron chi connectivity index (χ4n) is 3.75. The van der Waals surface area contributed by atoms with Crippen molar-refractivity contribution in [1.29, 1.82) is 0 Å². The van der Waals surface area contributed by atoms with Crippen LogP contribution in [0.4, 0.5) is 0 Å². The Labute approximate surface area is 233 Å². The maximum Gasteiger partial charge on any atom is 0.335 e. The lowest BCUT2D eigenvalue weighted by Gasteiger charge is -2.20. The molecule has 0 bridgehead atoms. The number of para-hydroxylation sites is 2. The zero-order valence-electron chi connectivity index (χ0n) is 21.6. The van der Waals surface area contributed by atoms with Crippen LogP contribution in [0.15, 0.2) is 89.8 Å². The van der Waals surface area contributed by atoms with Crippen molar-refractivity contribution in [2.24, 2.45) is 0 Å². The predicted molar refractivity (Wildman–Crippen MR) is 153 cm³/mol. The van der Waals surface area contributed by atoms with E-state index in [1.165, 1.54) is 23.9 Å². The van der Waals surface area contributed by atoms with Gasteiger partial charge in [0.1, 0.15) is 11.5 Å². The number of carboxylic acids is 2. The molecule has 0 amide bonds. The number of ether oxygens (including phenoxy) is 2. The molecule has 0 saturated heterocycles. The van der Waals surface area contributed by atoms with E-state index in [0.29, 0.717) is 26.1 Å². The topological polar surface area (TPSA) is 113 Å². The van der Waals surface area contributed by atoms with Gasteiger partial charge < -0.3 is 24.8 Å². The molecule has 7 nitrogen and oxygen atoms in total. The van der Waals surface area contributed by atoms with Crippen molar-refractivity contribution < 1.29 is 34.4 Å². The van der Waals surface area contributed by atoms with Crippen LogP contribution in [0.25, 0.3) is 6.08 Å². The Kier molecular flexibility index (Phi) is 12.4. The average molecular weight is 551 g/mol. The molecule has 39 heavy (non-hydrogen) atoms. The average Bonchev–Trinajstić information content (AvgIpc) is 2.94. The third-order valence-corrected chi connectivity index (χ3v) is 7.12. The molecule has 0 aliphatic rings. The molecule has 8 heteroatoms. The SMILES string of the molecule is O=C(O)CCC[C@H](O)[C@@H](/C=C\c1ccccc1OCCCCOc1ccccc1)Sc1ccc(C(=O)O)cc1. The number of hydrogen-bond donors (Lipinski definition) is 3. The molecule has 0 radical (unpaired) electrons. The van der Waals surface area contributed by atoms with Gasteiger partial charge in [0.25, 0.3) is 0 Å². The summed E-state index contributed by atoms with van der Waals surface area (Å²) < 4.78 is 11.8.